The second-order valence-corrected chi connectivity index (χ2v) is 5.15. The standard InChI is InChI=1S/C14H23BrN2O2/c1-18-9-7-17(8-10-19-2)14-4-3-12(5-6-16)11-13(14)15/h3-4,11H,5-10,16H2,1-2H3. The Labute approximate surface area is 124 Å². The summed E-state index contributed by atoms with van der Waals surface area (Å²) in [5.74, 6) is 0. The zero-order valence-corrected chi connectivity index (χ0v) is 13.3. The Morgan fingerprint density at radius 3 is 2.26 bits per heavy atom. The average Bonchev–Trinajstić information content (AvgIpc) is 2.40. The molecule has 1 aromatic rings. The van der Waals surface area contributed by atoms with Crippen molar-refractivity contribution in [2.75, 3.05) is 52.0 Å². The molecule has 0 aliphatic carbocycles. The number of halogens is 1. The minimum Gasteiger partial charge on any atom is -0.383 e. The third kappa shape index (κ3) is 5.48. The fraction of sp³-hybridized carbons (Fsp3) is 0.571. The third-order valence-electron chi connectivity index (χ3n) is 2.92. The zero-order chi connectivity index (χ0) is 14.1. The van der Waals surface area contributed by atoms with Gasteiger partial charge in [-0.25, -0.2) is 0 Å². The summed E-state index contributed by atoms with van der Waals surface area (Å²) < 4.78 is 11.4. The van der Waals surface area contributed by atoms with Crippen molar-refractivity contribution in [3.63, 3.8) is 0 Å². The monoisotopic (exact) mass is 330 g/mol. The molecule has 2 N–H and O–H groups in total. The number of benzene rings is 1. The van der Waals surface area contributed by atoms with Crippen LogP contribution in [0.2, 0.25) is 0 Å². The summed E-state index contributed by atoms with van der Waals surface area (Å²) in [6.45, 7) is 3.74. The first kappa shape index (κ1) is 16.4. The van der Waals surface area contributed by atoms with Crippen molar-refractivity contribution in [2.45, 2.75) is 6.42 Å². The Morgan fingerprint density at radius 2 is 1.79 bits per heavy atom. The highest BCUT2D eigenvalue weighted by molar-refractivity contribution is 9.10. The van der Waals surface area contributed by atoms with Crippen LogP contribution in [0.5, 0.6) is 0 Å². The highest BCUT2D eigenvalue weighted by atomic mass is 79.9. The predicted molar refractivity (Wildman–Crippen MR) is 82.9 cm³/mol. The van der Waals surface area contributed by atoms with Crippen molar-refractivity contribution in [1.29, 1.82) is 0 Å². The summed E-state index contributed by atoms with van der Waals surface area (Å²) in [6, 6.07) is 6.38. The minimum absolute atomic E-state index is 0.669. The quantitative estimate of drug-likeness (QED) is 0.752. The van der Waals surface area contributed by atoms with Gasteiger partial charge in [0.05, 0.1) is 18.9 Å². The van der Waals surface area contributed by atoms with Gasteiger partial charge in [0.1, 0.15) is 0 Å². The number of hydrogen-bond donors (Lipinski definition) is 1. The Bertz CT molecular complexity index is 366. The summed E-state index contributed by atoms with van der Waals surface area (Å²) in [4.78, 5) is 2.25. The Hall–Kier alpha value is -0.620. The molecule has 0 radical (unpaired) electrons. The molecule has 0 saturated carbocycles. The van der Waals surface area contributed by atoms with Crippen molar-refractivity contribution < 1.29 is 9.47 Å². The molecule has 0 aliphatic heterocycles. The normalized spacial score (nSPS) is 10.7. The molecule has 0 fully saturated rings. The molecule has 0 atom stereocenters. The van der Waals surface area contributed by atoms with Crippen molar-refractivity contribution >= 4 is 21.6 Å². The van der Waals surface area contributed by atoms with Gasteiger partial charge in [-0.15, -0.1) is 0 Å². The molecule has 4 nitrogen and oxygen atoms in total. The molecule has 0 bridgehead atoms. The molecule has 0 aliphatic rings. The minimum atomic E-state index is 0.669. The van der Waals surface area contributed by atoms with Crippen LogP contribution < -0.4 is 10.6 Å². The zero-order valence-electron chi connectivity index (χ0n) is 11.7. The summed E-state index contributed by atoms with van der Waals surface area (Å²) in [6.07, 6.45) is 0.898. The Balaban J connectivity index is 2.81. The lowest BCUT2D eigenvalue weighted by atomic mass is 10.1. The maximum atomic E-state index is 5.58. The molecule has 0 saturated heterocycles. The maximum Gasteiger partial charge on any atom is 0.0637 e. The number of anilines is 1. The Morgan fingerprint density at radius 1 is 1.16 bits per heavy atom. The van der Waals surface area contributed by atoms with Crippen molar-refractivity contribution in [2.24, 2.45) is 5.73 Å². The maximum absolute atomic E-state index is 5.58. The van der Waals surface area contributed by atoms with Crippen LogP contribution in [0.15, 0.2) is 22.7 Å². The fourth-order valence-corrected chi connectivity index (χ4v) is 2.56. The van der Waals surface area contributed by atoms with Crippen LogP contribution >= 0.6 is 15.9 Å². The van der Waals surface area contributed by atoms with E-state index in [1.165, 1.54) is 5.56 Å². The number of hydrogen-bond acceptors (Lipinski definition) is 4. The molecule has 0 unspecified atom stereocenters. The molecule has 1 rings (SSSR count). The van der Waals surface area contributed by atoms with Crippen LogP contribution in [0.1, 0.15) is 5.56 Å². The lowest BCUT2D eigenvalue weighted by molar-refractivity contribution is 0.190. The van der Waals surface area contributed by atoms with Crippen LogP contribution in [0.4, 0.5) is 5.69 Å². The SMILES string of the molecule is COCCN(CCOC)c1ccc(CCN)cc1Br. The molecule has 19 heavy (non-hydrogen) atoms. The van der Waals surface area contributed by atoms with Gasteiger partial charge < -0.3 is 20.1 Å². The molecule has 0 amide bonds. The van der Waals surface area contributed by atoms with E-state index in [2.05, 4.69) is 39.0 Å². The summed E-state index contributed by atoms with van der Waals surface area (Å²) in [5.41, 5.74) is 7.99. The first-order valence-corrected chi connectivity index (χ1v) is 7.23. The van der Waals surface area contributed by atoms with Crippen molar-refractivity contribution in [3.05, 3.63) is 28.2 Å². The smallest absolute Gasteiger partial charge is 0.0637 e. The first-order chi connectivity index (χ1) is 9.22. The number of ether oxygens (including phenoxy) is 2. The van der Waals surface area contributed by atoms with Gasteiger partial charge in [0.2, 0.25) is 0 Å². The number of nitrogens with two attached hydrogens (primary N) is 1. The predicted octanol–water partition coefficient (Wildman–Crippen LogP) is 2.05. The van der Waals surface area contributed by atoms with Crippen LogP contribution in [0, 0.1) is 0 Å². The topological polar surface area (TPSA) is 47.7 Å². The highest BCUT2D eigenvalue weighted by Crippen LogP contribution is 2.27. The molecule has 0 spiro atoms. The van der Waals surface area contributed by atoms with Crippen molar-refractivity contribution in [3.8, 4) is 0 Å². The number of rotatable bonds is 9. The third-order valence-corrected chi connectivity index (χ3v) is 3.55. The van der Waals surface area contributed by atoms with Crippen LogP contribution in [-0.2, 0) is 15.9 Å². The molecular weight excluding hydrogens is 308 g/mol. The van der Waals surface area contributed by atoms with Gasteiger partial charge >= 0.3 is 0 Å². The van der Waals surface area contributed by atoms with E-state index in [0.29, 0.717) is 19.8 Å². The molecular formula is C14H23BrN2O2. The summed E-state index contributed by atoms with van der Waals surface area (Å²) in [5, 5.41) is 0. The molecule has 0 aromatic heterocycles. The van der Waals surface area contributed by atoms with Crippen LogP contribution in [0.25, 0.3) is 0 Å². The molecule has 1 aromatic carbocycles. The highest BCUT2D eigenvalue weighted by Gasteiger charge is 2.10. The van der Waals surface area contributed by atoms with Gasteiger partial charge in [-0.2, -0.15) is 0 Å². The van der Waals surface area contributed by atoms with E-state index in [-0.39, 0.29) is 0 Å². The lowest BCUT2D eigenvalue weighted by Crippen LogP contribution is -2.30. The van der Waals surface area contributed by atoms with E-state index < -0.39 is 0 Å². The molecule has 108 valence electrons. The fourth-order valence-electron chi connectivity index (χ4n) is 1.88. The molecule has 0 heterocycles. The van der Waals surface area contributed by atoms with Crippen LogP contribution in [0.3, 0.4) is 0 Å². The lowest BCUT2D eigenvalue weighted by Gasteiger charge is -2.25. The average molecular weight is 331 g/mol. The van der Waals surface area contributed by atoms with E-state index in [9.17, 15) is 0 Å². The second-order valence-electron chi connectivity index (χ2n) is 4.30. The van der Waals surface area contributed by atoms with E-state index in [1.54, 1.807) is 14.2 Å². The molecule has 5 heteroatoms. The van der Waals surface area contributed by atoms with Gasteiger partial charge in [-0.05, 0) is 46.6 Å². The summed E-state index contributed by atoms with van der Waals surface area (Å²) >= 11 is 3.64. The van der Waals surface area contributed by atoms with Crippen molar-refractivity contribution in [1.82, 2.24) is 0 Å². The van der Waals surface area contributed by atoms with Gasteiger partial charge in [-0.1, -0.05) is 6.07 Å². The van der Waals surface area contributed by atoms with Gasteiger partial charge in [-0.3, -0.25) is 0 Å². The van der Waals surface area contributed by atoms with Crippen LogP contribution in [-0.4, -0.2) is 47.1 Å². The number of nitrogens with zero attached hydrogens (tertiary/aromatic N) is 1. The Kier molecular flexibility index (Phi) is 8.05. The van der Waals surface area contributed by atoms with E-state index in [1.807, 2.05) is 0 Å². The van der Waals surface area contributed by atoms with Gasteiger partial charge in [0, 0.05) is 31.8 Å². The largest absolute Gasteiger partial charge is 0.383 e. The van der Waals surface area contributed by atoms with E-state index in [0.717, 1.165) is 29.7 Å². The van der Waals surface area contributed by atoms with E-state index in [4.69, 9.17) is 15.2 Å². The summed E-state index contributed by atoms with van der Waals surface area (Å²) in [7, 11) is 3.43. The van der Waals surface area contributed by atoms with Gasteiger partial charge in [0.15, 0.2) is 0 Å². The van der Waals surface area contributed by atoms with Gasteiger partial charge in [0.25, 0.3) is 0 Å². The van der Waals surface area contributed by atoms with E-state index >= 15 is 0 Å². The number of methoxy groups -OCH3 is 2. The first-order valence-electron chi connectivity index (χ1n) is 6.44. The second kappa shape index (κ2) is 9.31.